The molecule has 2 N–H and O–H groups in total. The summed E-state index contributed by atoms with van der Waals surface area (Å²) in [6.45, 7) is 1.72. The summed E-state index contributed by atoms with van der Waals surface area (Å²) >= 11 is 0. The van der Waals surface area contributed by atoms with Gasteiger partial charge < -0.3 is 10.2 Å². The van der Waals surface area contributed by atoms with Crippen LogP contribution in [0.3, 0.4) is 0 Å². The fourth-order valence-electron chi connectivity index (χ4n) is 2.33. The van der Waals surface area contributed by atoms with Gasteiger partial charge in [-0.2, -0.15) is 0 Å². The third-order valence-corrected chi connectivity index (χ3v) is 3.34. The van der Waals surface area contributed by atoms with E-state index in [-0.39, 0.29) is 0 Å². The van der Waals surface area contributed by atoms with E-state index in [0.717, 1.165) is 12.0 Å². The van der Waals surface area contributed by atoms with Crippen LogP contribution in [0.1, 0.15) is 31.7 Å². The van der Waals surface area contributed by atoms with E-state index in [4.69, 9.17) is 0 Å². The van der Waals surface area contributed by atoms with Gasteiger partial charge in [-0.1, -0.05) is 30.3 Å². The molecule has 2 heteroatoms. The summed E-state index contributed by atoms with van der Waals surface area (Å²) in [5.41, 5.74) is -1.23. The summed E-state index contributed by atoms with van der Waals surface area (Å²) in [4.78, 5) is 0. The molecule has 0 heterocycles. The lowest BCUT2D eigenvalue weighted by Crippen LogP contribution is -2.44. The molecule has 0 aromatic heterocycles. The van der Waals surface area contributed by atoms with Gasteiger partial charge in [-0.25, -0.2) is 0 Å². The van der Waals surface area contributed by atoms with Crippen LogP contribution < -0.4 is 0 Å². The normalized spacial score (nSPS) is 37.4. The average molecular weight is 192 g/mol. The predicted molar refractivity (Wildman–Crippen MR) is 54.8 cm³/mol. The fraction of sp³-hybridized carbons (Fsp3) is 0.500. The maximum absolute atomic E-state index is 10.4. The lowest BCUT2D eigenvalue weighted by molar-refractivity contribution is -0.125. The Morgan fingerprint density at radius 1 is 1.07 bits per heavy atom. The van der Waals surface area contributed by atoms with Gasteiger partial charge in [-0.3, -0.25) is 0 Å². The van der Waals surface area contributed by atoms with Gasteiger partial charge in [0.1, 0.15) is 5.60 Å². The molecule has 76 valence electrons. The molecule has 14 heavy (non-hydrogen) atoms. The van der Waals surface area contributed by atoms with Crippen LogP contribution in [0.25, 0.3) is 0 Å². The highest BCUT2D eigenvalue weighted by molar-refractivity contribution is 5.27. The lowest BCUT2D eigenvalue weighted by atomic mass is 9.81. The van der Waals surface area contributed by atoms with Crippen molar-refractivity contribution in [1.29, 1.82) is 0 Å². The van der Waals surface area contributed by atoms with Crippen molar-refractivity contribution in [2.24, 2.45) is 0 Å². The van der Waals surface area contributed by atoms with E-state index in [1.54, 1.807) is 6.92 Å². The number of aliphatic hydroxyl groups is 2. The molecule has 2 nitrogen and oxygen atoms in total. The summed E-state index contributed by atoms with van der Waals surface area (Å²) in [5, 5.41) is 20.6. The maximum atomic E-state index is 10.4. The van der Waals surface area contributed by atoms with Crippen molar-refractivity contribution in [3.05, 3.63) is 35.9 Å². The molecule has 2 rings (SSSR count). The molecule has 0 spiro atoms. The van der Waals surface area contributed by atoms with Crippen LogP contribution in [0, 0.1) is 0 Å². The standard InChI is InChI=1S/C12H16O2/c1-11(13)8-5-9-12(11,14)10-6-3-2-4-7-10/h2-4,6-7,13-14H,5,8-9H2,1H3/t11-,12-/m1/s1. The Bertz CT molecular complexity index is 318. The number of benzene rings is 1. The van der Waals surface area contributed by atoms with Crippen LogP contribution in [-0.2, 0) is 5.60 Å². The third kappa shape index (κ3) is 1.26. The first-order valence-corrected chi connectivity index (χ1v) is 5.07. The molecule has 2 atom stereocenters. The van der Waals surface area contributed by atoms with Gasteiger partial charge in [0.15, 0.2) is 0 Å². The molecular formula is C12H16O2. The largest absolute Gasteiger partial charge is 0.387 e. The minimum absolute atomic E-state index is 0.643. The molecule has 1 aromatic rings. The summed E-state index contributed by atoms with van der Waals surface area (Å²) < 4.78 is 0. The predicted octanol–water partition coefficient (Wildman–Crippen LogP) is 1.81. The zero-order chi connectivity index (χ0) is 10.2. The Hall–Kier alpha value is -0.860. The van der Waals surface area contributed by atoms with E-state index in [2.05, 4.69) is 0 Å². The van der Waals surface area contributed by atoms with Gasteiger partial charge in [0, 0.05) is 0 Å². The molecule has 0 bridgehead atoms. The van der Waals surface area contributed by atoms with E-state index < -0.39 is 11.2 Å². The quantitative estimate of drug-likeness (QED) is 0.712. The second kappa shape index (κ2) is 3.07. The van der Waals surface area contributed by atoms with Gasteiger partial charge in [-0.15, -0.1) is 0 Å². The molecule has 1 aliphatic rings. The fourth-order valence-corrected chi connectivity index (χ4v) is 2.33. The molecule has 1 fully saturated rings. The van der Waals surface area contributed by atoms with E-state index in [9.17, 15) is 10.2 Å². The van der Waals surface area contributed by atoms with Gasteiger partial charge in [0.05, 0.1) is 5.60 Å². The van der Waals surface area contributed by atoms with Gasteiger partial charge in [-0.05, 0) is 31.7 Å². The summed E-state index contributed by atoms with van der Waals surface area (Å²) in [5.74, 6) is 0. The van der Waals surface area contributed by atoms with Crippen molar-refractivity contribution in [3.63, 3.8) is 0 Å². The Morgan fingerprint density at radius 2 is 1.71 bits per heavy atom. The van der Waals surface area contributed by atoms with Crippen LogP contribution in [0.4, 0.5) is 0 Å². The topological polar surface area (TPSA) is 40.5 Å². The van der Waals surface area contributed by atoms with Crippen molar-refractivity contribution in [2.45, 2.75) is 37.4 Å². The van der Waals surface area contributed by atoms with Gasteiger partial charge in [0.2, 0.25) is 0 Å². The highest BCUT2D eigenvalue weighted by atomic mass is 16.4. The number of hydrogen-bond acceptors (Lipinski definition) is 2. The Kier molecular flexibility index (Phi) is 2.13. The maximum Gasteiger partial charge on any atom is 0.118 e. The first kappa shape index (κ1) is 9.69. The van der Waals surface area contributed by atoms with Crippen molar-refractivity contribution in [3.8, 4) is 0 Å². The molecule has 0 radical (unpaired) electrons. The van der Waals surface area contributed by atoms with Gasteiger partial charge >= 0.3 is 0 Å². The van der Waals surface area contributed by atoms with Crippen molar-refractivity contribution in [1.82, 2.24) is 0 Å². The number of hydrogen-bond donors (Lipinski definition) is 2. The van der Waals surface area contributed by atoms with Crippen LogP contribution >= 0.6 is 0 Å². The zero-order valence-corrected chi connectivity index (χ0v) is 8.40. The Morgan fingerprint density at radius 3 is 2.21 bits per heavy atom. The lowest BCUT2D eigenvalue weighted by Gasteiger charge is -2.35. The van der Waals surface area contributed by atoms with E-state index >= 15 is 0 Å². The summed E-state index contributed by atoms with van der Waals surface area (Å²) in [6, 6.07) is 9.44. The second-order valence-electron chi connectivity index (χ2n) is 4.35. The van der Waals surface area contributed by atoms with Gasteiger partial charge in [0.25, 0.3) is 0 Å². The smallest absolute Gasteiger partial charge is 0.118 e. The summed E-state index contributed by atoms with van der Waals surface area (Å²) in [6.07, 6.45) is 2.18. The van der Waals surface area contributed by atoms with E-state index in [0.29, 0.717) is 12.8 Å². The van der Waals surface area contributed by atoms with E-state index in [1.165, 1.54) is 0 Å². The Balaban J connectivity index is 2.42. The monoisotopic (exact) mass is 192 g/mol. The van der Waals surface area contributed by atoms with Crippen LogP contribution in [-0.4, -0.2) is 15.8 Å². The molecule has 1 aromatic carbocycles. The van der Waals surface area contributed by atoms with Crippen molar-refractivity contribution >= 4 is 0 Å². The highest BCUT2D eigenvalue weighted by Gasteiger charge is 2.50. The zero-order valence-electron chi connectivity index (χ0n) is 8.40. The molecule has 0 unspecified atom stereocenters. The molecule has 1 aliphatic carbocycles. The average Bonchev–Trinajstić information content (AvgIpc) is 2.44. The van der Waals surface area contributed by atoms with Crippen LogP contribution in [0.2, 0.25) is 0 Å². The minimum Gasteiger partial charge on any atom is -0.387 e. The first-order valence-electron chi connectivity index (χ1n) is 5.07. The van der Waals surface area contributed by atoms with Crippen LogP contribution in [0.5, 0.6) is 0 Å². The minimum atomic E-state index is -1.06. The second-order valence-corrected chi connectivity index (χ2v) is 4.35. The van der Waals surface area contributed by atoms with Crippen molar-refractivity contribution < 1.29 is 10.2 Å². The SMILES string of the molecule is C[C@@]1(O)CCC[C@@]1(O)c1ccccc1. The first-order chi connectivity index (χ1) is 6.56. The molecular weight excluding hydrogens is 176 g/mol. The van der Waals surface area contributed by atoms with Crippen molar-refractivity contribution in [2.75, 3.05) is 0 Å². The molecule has 0 aliphatic heterocycles. The summed E-state index contributed by atoms with van der Waals surface area (Å²) in [7, 11) is 0. The van der Waals surface area contributed by atoms with Crippen LogP contribution in [0.15, 0.2) is 30.3 Å². The third-order valence-electron chi connectivity index (χ3n) is 3.34. The number of rotatable bonds is 1. The highest BCUT2D eigenvalue weighted by Crippen LogP contribution is 2.45. The Labute approximate surface area is 84.2 Å². The van der Waals surface area contributed by atoms with E-state index in [1.807, 2.05) is 30.3 Å². The molecule has 0 saturated heterocycles. The molecule has 0 amide bonds. The molecule has 1 saturated carbocycles.